The van der Waals surface area contributed by atoms with E-state index in [0.717, 1.165) is 5.56 Å². The van der Waals surface area contributed by atoms with Crippen LogP contribution in [0.25, 0.3) is 11.4 Å². The number of hydrogen-bond acceptors (Lipinski definition) is 4. The highest BCUT2D eigenvalue weighted by molar-refractivity contribution is 5.86. The third-order valence-electron chi connectivity index (χ3n) is 3.00. The largest absolute Gasteiger partial charge is 0.497 e. The Morgan fingerprint density at radius 1 is 1.25 bits per heavy atom. The van der Waals surface area contributed by atoms with Crippen LogP contribution >= 0.6 is 0 Å². The molecule has 0 saturated heterocycles. The molecular formula is C14H16N2O4. The van der Waals surface area contributed by atoms with Gasteiger partial charge in [0.1, 0.15) is 23.0 Å². The van der Waals surface area contributed by atoms with E-state index in [1.54, 1.807) is 37.0 Å². The highest BCUT2D eigenvalue weighted by atomic mass is 16.5. The molecule has 0 saturated carbocycles. The van der Waals surface area contributed by atoms with Gasteiger partial charge in [0.15, 0.2) is 0 Å². The SMILES string of the molecule is CCn1c(C(=O)O)cnc1-c1cc(OC)cc(OC)c1. The topological polar surface area (TPSA) is 73.6 Å². The van der Waals surface area contributed by atoms with E-state index in [2.05, 4.69) is 4.98 Å². The molecule has 0 bridgehead atoms. The lowest BCUT2D eigenvalue weighted by Crippen LogP contribution is -2.08. The van der Waals surface area contributed by atoms with Crippen molar-refractivity contribution in [2.75, 3.05) is 14.2 Å². The van der Waals surface area contributed by atoms with Gasteiger partial charge in [0.2, 0.25) is 0 Å². The molecule has 0 aliphatic heterocycles. The minimum Gasteiger partial charge on any atom is -0.497 e. The summed E-state index contributed by atoms with van der Waals surface area (Å²) in [6.07, 6.45) is 1.35. The zero-order valence-electron chi connectivity index (χ0n) is 11.6. The van der Waals surface area contributed by atoms with Crippen LogP contribution in [0.15, 0.2) is 24.4 Å². The zero-order chi connectivity index (χ0) is 14.7. The second-order valence-electron chi connectivity index (χ2n) is 4.12. The van der Waals surface area contributed by atoms with Crippen LogP contribution in [-0.2, 0) is 6.54 Å². The molecule has 0 radical (unpaired) electrons. The first-order valence-electron chi connectivity index (χ1n) is 6.13. The number of carboxylic acids is 1. The van der Waals surface area contributed by atoms with Crippen molar-refractivity contribution in [3.8, 4) is 22.9 Å². The third kappa shape index (κ3) is 2.45. The smallest absolute Gasteiger partial charge is 0.354 e. The van der Waals surface area contributed by atoms with E-state index in [1.807, 2.05) is 6.92 Å². The lowest BCUT2D eigenvalue weighted by molar-refractivity contribution is 0.0685. The van der Waals surface area contributed by atoms with Gasteiger partial charge in [-0.2, -0.15) is 0 Å². The molecule has 0 amide bonds. The summed E-state index contributed by atoms with van der Waals surface area (Å²) in [7, 11) is 3.13. The van der Waals surface area contributed by atoms with E-state index in [9.17, 15) is 4.79 Å². The quantitative estimate of drug-likeness (QED) is 0.907. The molecule has 1 N–H and O–H groups in total. The number of carbonyl (C=O) groups is 1. The first kappa shape index (κ1) is 13.9. The monoisotopic (exact) mass is 276 g/mol. The Morgan fingerprint density at radius 2 is 1.85 bits per heavy atom. The maximum absolute atomic E-state index is 11.2. The van der Waals surface area contributed by atoms with E-state index in [-0.39, 0.29) is 5.69 Å². The summed E-state index contributed by atoms with van der Waals surface area (Å²) in [5, 5.41) is 9.15. The maximum atomic E-state index is 11.2. The summed E-state index contributed by atoms with van der Waals surface area (Å²) in [5.41, 5.74) is 0.903. The highest BCUT2D eigenvalue weighted by Gasteiger charge is 2.16. The van der Waals surface area contributed by atoms with Gasteiger partial charge in [-0.05, 0) is 19.1 Å². The van der Waals surface area contributed by atoms with Gasteiger partial charge < -0.3 is 19.1 Å². The Morgan fingerprint density at radius 3 is 2.30 bits per heavy atom. The minimum atomic E-state index is -1.000. The molecule has 1 aromatic heterocycles. The molecule has 1 heterocycles. The van der Waals surface area contributed by atoms with Crippen LogP contribution in [0, 0.1) is 0 Å². The van der Waals surface area contributed by atoms with Gasteiger partial charge in [0.25, 0.3) is 0 Å². The predicted octanol–water partition coefficient (Wildman–Crippen LogP) is 2.29. The Bertz CT molecular complexity index is 612. The fraction of sp³-hybridized carbons (Fsp3) is 0.286. The van der Waals surface area contributed by atoms with Crippen LogP contribution in [-0.4, -0.2) is 34.8 Å². The number of ether oxygens (including phenoxy) is 2. The maximum Gasteiger partial charge on any atom is 0.354 e. The molecule has 0 spiro atoms. The normalized spacial score (nSPS) is 10.3. The number of imidazole rings is 1. The summed E-state index contributed by atoms with van der Waals surface area (Å²) in [4.78, 5) is 15.4. The molecule has 0 atom stereocenters. The molecule has 20 heavy (non-hydrogen) atoms. The first-order chi connectivity index (χ1) is 9.60. The number of aromatic nitrogens is 2. The molecule has 2 aromatic rings. The average Bonchev–Trinajstić information content (AvgIpc) is 2.90. The van der Waals surface area contributed by atoms with Gasteiger partial charge in [0, 0.05) is 18.2 Å². The fourth-order valence-corrected chi connectivity index (χ4v) is 2.03. The van der Waals surface area contributed by atoms with Gasteiger partial charge in [0.05, 0.1) is 20.4 Å². The third-order valence-corrected chi connectivity index (χ3v) is 3.00. The van der Waals surface area contributed by atoms with Crippen molar-refractivity contribution in [1.82, 2.24) is 9.55 Å². The van der Waals surface area contributed by atoms with E-state index >= 15 is 0 Å². The van der Waals surface area contributed by atoms with Gasteiger partial charge >= 0.3 is 5.97 Å². The number of methoxy groups -OCH3 is 2. The first-order valence-corrected chi connectivity index (χ1v) is 6.13. The molecule has 6 nitrogen and oxygen atoms in total. The average molecular weight is 276 g/mol. The van der Waals surface area contributed by atoms with E-state index in [4.69, 9.17) is 14.6 Å². The van der Waals surface area contributed by atoms with Crippen molar-refractivity contribution >= 4 is 5.97 Å². The number of aromatic carboxylic acids is 1. The summed E-state index contributed by atoms with van der Waals surface area (Å²) in [6, 6.07) is 5.34. The molecule has 0 fully saturated rings. The second-order valence-corrected chi connectivity index (χ2v) is 4.12. The Balaban J connectivity index is 2.59. The summed E-state index contributed by atoms with van der Waals surface area (Å²) < 4.78 is 12.1. The van der Waals surface area contributed by atoms with Crippen LogP contribution in [0.2, 0.25) is 0 Å². The summed E-state index contributed by atoms with van der Waals surface area (Å²) in [6.45, 7) is 2.38. The van der Waals surface area contributed by atoms with E-state index < -0.39 is 5.97 Å². The fourth-order valence-electron chi connectivity index (χ4n) is 2.03. The van der Waals surface area contributed by atoms with Crippen LogP contribution in [0.3, 0.4) is 0 Å². The standard InChI is InChI=1S/C14H16N2O4/c1-4-16-12(14(17)18)8-15-13(16)9-5-10(19-2)7-11(6-9)20-3/h5-8H,4H2,1-3H3,(H,17,18). The van der Waals surface area contributed by atoms with Crippen molar-refractivity contribution in [1.29, 1.82) is 0 Å². The zero-order valence-corrected chi connectivity index (χ0v) is 11.6. The predicted molar refractivity (Wildman–Crippen MR) is 73.4 cm³/mol. The second kappa shape index (κ2) is 5.64. The van der Waals surface area contributed by atoms with Crippen LogP contribution in [0.5, 0.6) is 11.5 Å². The van der Waals surface area contributed by atoms with Crippen molar-refractivity contribution < 1.29 is 19.4 Å². The lowest BCUT2D eigenvalue weighted by Gasteiger charge is -2.10. The number of hydrogen-bond donors (Lipinski definition) is 1. The van der Waals surface area contributed by atoms with Crippen LogP contribution in [0.4, 0.5) is 0 Å². The van der Waals surface area contributed by atoms with Crippen molar-refractivity contribution in [2.45, 2.75) is 13.5 Å². The van der Waals surface area contributed by atoms with Gasteiger partial charge in [-0.1, -0.05) is 0 Å². The Labute approximate surface area is 116 Å². The highest BCUT2D eigenvalue weighted by Crippen LogP contribution is 2.29. The van der Waals surface area contributed by atoms with Crippen molar-refractivity contribution in [3.63, 3.8) is 0 Å². The molecule has 1 aromatic carbocycles. The number of rotatable bonds is 5. The van der Waals surface area contributed by atoms with Gasteiger partial charge in [-0.25, -0.2) is 9.78 Å². The van der Waals surface area contributed by atoms with Crippen molar-refractivity contribution in [3.05, 3.63) is 30.1 Å². The minimum absolute atomic E-state index is 0.157. The van der Waals surface area contributed by atoms with Gasteiger partial charge in [-0.3, -0.25) is 0 Å². The molecule has 6 heteroatoms. The van der Waals surface area contributed by atoms with Crippen LogP contribution in [0.1, 0.15) is 17.4 Å². The van der Waals surface area contributed by atoms with E-state index in [1.165, 1.54) is 6.20 Å². The lowest BCUT2D eigenvalue weighted by atomic mass is 10.2. The van der Waals surface area contributed by atoms with Crippen LogP contribution < -0.4 is 9.47 Å². The number of benzene rings is 1. The number of nitrogens with zero attached hydrogens (tertiary/aromatic N) is 2. The van der Waals surface area contributed by atoms with Gasteiger partial charge in [-0.15, -0.1) is 0 Å². The summed E-state index contributed by atoms with van der Waals surface area (Å²) >= 11 is 0. The molecule has 0 aliphatic carbocycles. The Hall–Kier alpha value is -2.50. The molecule has 0 aliphatic rings. The summed E-state index contributed by atoms with van der Waals surface area (Å²) in [5.74, 6) is 0.825. The number of carboxylic acid groups (broad SMARTS) is 1. The Kier molecular flexibility index (Phi) is 3.93. The molecule has 0 unspecified atom stereocenters. The molecular weight excluding hydrogens is 260 g/mol. The molecule has 2 rings (SSSR count). The molecule has 106 valence electrons. The van der Waals surface area contributed by atoms with E-state index in [0.29, 0.717) is 23.9 Å². The van der Waals surface area contributed by atoms with Crippen molar-refractivity contribution in [2.24, 2.45) is 0 Å².